The van der Waals surface area contributed by atoms with Crippen molar-refractivity contribution < 1.29 is 14.0 Å². The van der Waals surface area contributed by atoms with Gasteiger partial charge in [-0.15, -0.1) is 0 Å². The number of hydrogen-bond acceptors (Lipinski definition) is 2. The summed E-state index contributed by atoms with van der Waals surface area (Å²) in [4.78, 5) is 11.4. The van der Waals surface area contributed by atoms with Crippen LogP contribution in [0.1, 0.15) is 91.4 Å². The van der Waals surface area contributed by atoms with E-state index in [9.17, 15) is 4.79 Å². The molecule has 0 bridgehead atoms. The number of carbonyl (C=O) groups is 1. The van der Waals surface area contributed by atoms with Crippen LogP contribution < -0.4 is 0 Å². The monoisotopic (exact) mass is 354 g/mol. The fourth-order valence-electron chi connectivity index (χ4n) is 2.99. The summed E-state index contributed by atoms with van der Waals surface area (Å²) in [6.45, 7) is 11.2. The predicted octanol–water partition coefficient (Wildman–Crippen LogP) is 5.88. The highest BCUT2D eigenvalue weighted by Crippen LogP contribution is 2.16. The number of likely N-dealkylation sites (N-methyl/N-ethyl adjacent to an activating group) is 1. The van der Waals surface area contributed by atoms with Crippen molar-refractivity contribution in [2.45, 2.75) is 97.4 Å². The van der Waals surface area contributed by atoms with Crippen LogP contribution in [0.5, 0.6) is 0 Å². The van der Waals surface area contributed by atoms with Gasteiger partial charge in [0.15, 0.2) is 0 Å². The van der Waals surface area contributed by atoms with Crippen molar-refractivity contribution in [2.75, 3.05) is 27.2 Å². The van der Waals surface area contributed by atoms with Crippen molar-refractivity contribution in [1.82, 2.24) is 0 Å². The van der Waals surface area contributed by atoms with Gasteiger partial charge in [0, 0.05) is 5.57 Å². The van der Waals surface area contributed by atoms with Crippen molar-refractivity contribution in [3.63, 3.8) is 0 Å². The van der Waals surface area contributed by atoms with Gasteiger partial charge in [-0.25, -0.2) is 4.79 Å². The molecule has 0 radical (unpaired) electrons. The summed E-state index contributed by atoms with van der Waals surface area (Å²) in [6, 6.07) is 0.595. The Balaban J connectivity index is 3.67. The number of hydrogen-bond donors (Lipinski definition) is 0. The maximum Gasteiger partial charge on any atom is 0.333 e. The number of rotatable bonds is 16. The fraction of sp³-hybridized carbons (Fsp3) is 0.864. The van der Waals surface area contributed by atoms with Crippen LogP contribution in [-0.2, 0) is 9.53 Å². The molecule has 0 aliphatic carbocycles. The number of ether oxygens (including phenoxy) is 1. The third-order valence-electron chi connectivity index (χ3n) is 5.42. The van der Waals surface area contributed by atoms with Crippen LogP contribution in [0.2, 0.25) is 0 Å². The summed E-state index contributed by atoms with van der Waals surface area (Å²) in [6.07, 6.45) is 15.1. The van der Waals surface area contributed by atoms with Crippen LogP contribution >= 0.6 is 0 Å². The third-order valence-corrected chi connectivity index (χ3v) is 5.42. The molecule has 3 heteroatoms. The second kappa shape index (κ2) is 14.4. The molecule has 25 heavy (non-hydrogen) atoms. The van der Waals surface area contributed by atoms with E-state index in [-0.39, 0.29) is 5.97 Å². The van der Waals surface area contributed by atoms with Crippen LogP contribution in [0, 0.1) is 0 Å². The Morgan fingerprint density at radius 3 is 1.92 bits per heavy atom. The molecule has 0 aromatic carbocycles. The largest absolute Gasteiger partial charge is 0.456 e. The molecule has 0 N–H and O–H groups in total. The lowest BCUT2D eigenvalue weighted by Gasteiger charge is -2.36. The summed E-state index contributed by atoms with van der Waals surface area (Å²) in [5, 5.41) is 0. The van der Waals surface area contributed by atoms with Gasteiger partial charge in [-0.3, -0.25) is 0 Å². The van der Waals surface area contributed by atoms with Crippen molar-refractivity contribution in [3.05, 3.63) is 12.2 Å². The first-order valence-electron chi connectivity index (χ1n) is 10.5. The summed E-state index contributed by atoms with van der Waals surface area (Å²) in [5.41, 5.74) is 0.476. The summed E-state index contributed by atoms with van der Waals surface area (Å²) in [5.74, 6) is -0.276. The zero-order chi connectivity index (χ0) is 19.1. The van der Waals surface area contributed by atoms with E-state index >= 15 is 0 Å². The standard InChI is InChI=1S/C22H44NO2/c1-7-8-9-10-11-12-13-14-15-16-17-21(4)23(5,6)18-19-25-22(24)20(2)3/h21H,2,7-19H2,1,3-6H3/q+1. The molecule has 0 saturated carbocycles. The lowest BCUT2D eigenvalue weighted by Crippen LogP contribution is -2.49. The van der Waals surface area contributed by atoms with Crippen LogP contribution in [0.3, 0.4) is 0 Å². The second-order valence-corrected chi connectivity index (χ2v) is 8.24. The fourth-order valence-corrected chi connectivity index (χ4v) is 2.99. The highest BCUT2D eigenvalue weighted by Gasteiger charge is 2.23. The molecule has 0 aromatic heterocycles. The van der Waals surface area contributed by atoms with E-state index in [1.807, 2.05) is 0 Å². The van der Waals surface area contributed by atoms with Crippen molar-refractivity contribution in [1.29, 1.82) is 0 Å². The minimum Gasteiger partial charge on any atom is -0.456 e. The van der Waals surface area contributed by atoms with Crippen LogP contribution in [-0.4, -0.2) is 43.7 Å². The predicted molar refractivity (Wildman–Crippen MR) is 109 cm³/mol. The number of unbranched alkanes of at least 4 members (excludes halogenated alkanes) is 9. The first-order valence-corrected chi connectivity index (χ1v) is 10.5. The highest BCUT2D eigenvalue weighted by molar-refractivity contribution is 5.86. The van der Waals surface area contributed by atoms with Crippen LogP contribution in [0.25, 0.3) is 0 Å². The topological polar surface area (TPSA) is 26.3 Å². The van der Waals surface area contributed by atoms with Gasteiger partial charge in [0.2, 0.25) is 0 Å². The van der Waals surface area contributed by atoms with E-state index in [2.05, 4.69) is 34.5 Å². The quantitative estimate of drug-likeness (QED) is 0.150. The van der Waals surface area contributed by atoms with Crippen molar-refractivity contribution >= 4 is 5.97 Å². The van der Waals surface area contributed by atoms with E-state index < -0.39 is 0 Å². The summed E-state index contributed by atoms with van der Waals surface area (Å²) in [7, 11) is 4.46. The molecule has 0 heterocycles. The highest BCUT2D eigenvalue weighted by atomic mass is 16.5. The normalized spacial score (nSPS) is 12.8. The van der Waals surface area contributed by atoms with Gasteiger partial charge in [-0.1, -0.05) is 71.3 Å². The van der Waals surface area contributed by atoms with E-state index in [1.165, 1.54) is 70.6 Å². The smallest absolute Gasteiger partial charge is 0.333 e. The summed E-state index contributed by atoms with van der Waals surface area (Å²) >= 11 is 0. The Morgan fingerprint density at radius 1 is 0.960 bits per heavy atom. The molecule has 0 spiro atoms. The Bertz CT molecular complexity index is 363. The Hall–Kier alpha value is -0.830. The van der Waals surface area contributed by atoms with Gasteiger partial charge in [0.25, 0.3) is 0 Å². The van der Waals surface area contributed by atoms with Gasteiger partial charge in [0.1, 0.15) is 13.2 Å². The maximum absolute atomic E-state index is 11.4. The minimum atomic E-state index is -0.276. The zero-order valence-corrected chi connectivity index (χ0v) is 17.7. The van der Waals surface area contributed by atoms with E-state index in [1.54, 1.807) is 6.92 Å². The number of esters is 1. The Kier molecular flexibility index (Phi) is 13.9. The van der Waals surface area contributed by atoms with Crippen molar-refractivity contribution in [3.8, 4) is 0 Å². The SMILES string of the molecule is C=C(C)C(=O)OCC[N+](C)(C)C(C)CCCCCCCCCCCC. The molecule has 0 aromatic rings. The van der Waals surface area contributed by atoms with E-state index in [0.717, 1.165) is 11.0 Å². The van der Waals surface area contributed by atoms with Gasteiger partial charge in [-0.2, -0.15) is 0 Å². The average Bonchev–Trinajstić information content (AvgIpc) is 2.55. The lowest BCUT2D eigenvalue weighted by molar-refractivity contribution is -0.913. The maximum atomic E-state index is 11.4. The molecule has 0 aliphatic rings. The molecule has 0 amide bonds. The first-order chi connectivity index (χ1) is 11.8. The molecular formula is C22H44NO2+. The number of carbonyl (C=O) groups excluding carboxylic acids is 1. The first kappa shape index (κ1) is 24.2. The average molecular weight is 355 g/mol. The molecule has 0 aliphatic heterocycles. The Labute approximate surface area is 157 Å². The molecule has 0 rings (SSSR count). The lowest BCUT2D eigenvalue weighted by atomic mass is 10.0. The number of nitrogens with zero attached hydrogens (tertiary/aromatic N) is 1. The van der Waals surface area contributed by atoms with E-state index in [0.29, 0.717) is 18.2 Å². The van der Waals surface area contributed by atoms with Crippen molar-refractivity contribution in [2.24, 2.45) is 0 Å². The van der Waals surface area contributed by atoms with Gasteiger partial charge < -0.3 is 9.22 Å². The Morgan fingerprint density at radius 2 is 1.44 bits per heavy atom. The molecule has 0 fully saturated rings. The molecule has 1 unspecified atom stereocenters. The zero-order valence-electron chi connectivity index (χ0n) is 17.7. The third kappa shape index (κ3) is 13.1. The van der Waals surface area contributed by atoms with Gasteiger partial charge >= 0.3 is 5.97 Å². The second-order valence-electron chi connectivity index (χ2n) is 8.24. The number of quaternary nitrogens is 1. The van der Waals surface area contributed by atoms with Gasteiger partial charge in [0.05, 0.1) is 20.1 Å². The minimum absolute atomic E-state index is 0.276. The van der Waals surface area contributed by atoms with Crippen LogP contribution in [0.15, 0.2) is 12.2 Å². The molecule has 0 saturated heterocycles. The molecule has 3 nitrogen and oxygen atoms in total. The summed E-state index contributed by atoms with van der Waals surface area (Å²) < 4.78 is 6.14. The van der Waals surface area contributed by atoms with E-state index in [4.69, 9.17) is 4.74 Å². The van der Waals surface area contributed by atoms with Crippen LogP contribution in [0.4, 0.5) is 0 Å². The van der Waals surface area contributed by atoms with Gasteiger partial charge in [-0.05, 0) is 26.7 Å². The molecule has 1 atom stereocenters. The molecular weight excluding hydrogens is 310 g/mol. The molecule has 148 valence electrons.